The standard InChI is InChI=1S/C8H13N5O3S/c1-9-8(11-13(14)15)10-3-5-17-6-7-2-4-16-12-7/h2,4H,3,5-6H2,1H3,(H2,9,10,11). The molecular weight excluding hydrogens is 246 g/mol. The van der Waals surface area contributed by atoms with E-state index < -0.39 is 5.03 Å². The summed E-state index contributed by atoms with van der Waals surface area (Å²) in [6, 6.07) is 1.80. The third-order valence-electron chi connectivity index (χ3n) is 1.68. The maximum Gasteiger partial charge on any atom is 0.254 e. The van der Waals surface area contributed by atoms with E-state index in [1.807, 2.05) is 5.43 Å². The summed E-state index contributed by atoms with van der Waals surface area (Å²) in [5, 5.41) is 15.9. The van der Waals surface area contributed by atoms with E-state index in [4.69, 9.17) is 0 Å². The number of nitrogens with zero attached hydrogens (tertiary/aromatic N) is 3. The van der Waals surface area contributed by atoms with E-state index in [9.17, 15) is 10.1 Å². The zero-order chi connectivity index (χ0) is 12.5. The first kappa shape index (κ1) is 13.3. The van der Waals surface area contributed by atoms with Crippen molar-refractivity contribution in [3.8, 4) is 0 Å². The summed E-state index contributed by atoms with van der Waals surface area (Å²) in [5.41, 5.74) is 2.83. The van der Waals surface area contributed by atoms with Crippen molar-refractivity contribution in [1.82, 2.24) is 15.9 Å². The fraction of sp³-hybridized carbons (Fsp3) is 0.500. The first-order valence-corrected chi connectivity index (χ1v) is 5.98. The molecule has 8 nitrogen and oxygen atoms in total. The van der Waals surface area contributed by atoms with Crippen LogP contribution >= 0.6 is 11.8 Å². The maximum absolute atomic E-state index is 10.2. The molecule has 0 bridgehead atoms. The highest BCUT2D eigenvalue weighted by Crippen LogP contribution is 2.09. The van der Waals surface area contributed by atoms with Gasteiger partial charge in [0, 0.05) is 24.6 Å². The predicted octanol–water partition coefficient (Wildman–Crippen LogP) is 0.265. The van der Waals surface area contributed by atoms with Crippen molar-refractivity contribution in [2.75, 3.05) is 19.3 Å². The Labute approximate surface area is 102 Å². The molecule has 0 spiro atoms. The molecule has 1 aromatic heterocycles. The average Bonchev–Trinajstić information content (AvgIpc) is 2.79. The van der Waals surface area contributed by atoms with E-state index in [1.165, 1.54) is 6.26 Å². The zero-order valence-corrected chi connectivity index (χ0v) is 10.1. The lowest BCUT2D eigenvalue weighted by Gasteiger charge is -2.01. The van der Waals surface area contributed by atoms with Crippen molar-refractivity contribution in [2.45, 2.75) is 5.75 Å². The van der Waals surface area contributed by atoms with Gasteiger partial charge in [-0.1, -0.05) is 10.6 Å². The number of aromatic nitrogens is 1. The van der Waals surface area contributed by atoms with Crippen LogP contribution in [0.25, 0.3) is 0 Å². The lowest BCUT2D eigenvalue weighted by atomic mass is 10.5. The van der Waals surface area contributed by atoms with Crippen LogP contribution in [0.15, 0.2) is 21.8 Å². The molecule has 1 rings (SSSR count). The normalized spacial score (nSPS) is 11.2. The molecule has 0 amide bonds. The Morgan fingerprint density at radius 3 is 3.18 bits per heavy atom. The number of hydrogen-bond acceptors (Lipinski definition) is 6. The molecule has 0 aliphatic rings. The predicted molar refractivity (Wildman–Crippen MR) is 64.2 cm³/mol. The highest BCUT2D eigenvalue weighted by Gasteiger charge is 2.01. The molecule has 0 unspecified atom stereocenters. The Hall–Kier alpha value is -1.77. The maximum atomic E-state index is 10.2. The number of nitrogens with one attached hydrogen (secondary N) is 2. The number of thioether (sulfide) groups is 1. The molecule has 0 aromatic carbocycles. The van der Waals surface area contributed by atoms with Crippen molar-refractivity contribution < 1.29 is 9.56 Å². The molecule has 1 heterocycles. The Balaban J connectivity index is 2.17. The summed E-state index contributed by atoms with van der Waals surface area (Å²) in [6.45, 7) is 0.486. The van der Waals surface area contributed by atoms with Crippen LogP contribution in [0.4, 0.5) is 0 Å². The highest BCUT2D eigenvalue weighted by molar-refractivity contribution is 7.98. The van der Waals surface area contributed by atoms with Crippen molar-refractivity contribution >= 4 is 17.7 Å². The van der Waals surface area contributed by atoms with Crippen LogP contribution in [0.2, 0.25) is 0 Å². The second-order valence-electron chi connectivity index (χ2n) is 2.89. The molecule has 94 valence electrons. The fourth-order valence-electron chi connectivity index (χ4n) is 0.968. The molecule has 9 heteroatoms. The fourth-order valence-corrected chi connectivity index (χ4v) is 1.69. The van der Waals surface area contributed by atoms with E-state index in [2.05, 4.69) is 20.0 Å². The molecule has 0 radical (unpaired) electrons. The van der Waals surface area contributed by atoms with E-state index >= 15 is 0 Å². The average molecular weight is 259 g/mol. The van der Waals surface area contributed by atoms with Crippen LogP contribution in [0.3, 0.4) is 0 Å². The van der Waals surface area contributed by atoms with Gasteiger partial charge in [0.1, 0.15) is 6.26 Å². The lowest BCUT2D eigenvalue weighted by molar-refractivity contribution is -0.525. The van der Waals surface area contributed by atoms with Gasteiger partial charge in [-0.25, -0.2) is 15.1 Å². The van der Waals surface area contributed by atoms with Gasteiger partial charge in [-0.15, -0.1) is 0 Å². The minimum Gasteiger partial charge on any atom is -0.364 e. The van der Waals surface area contributed by atoms with Crippen molar-refractivity contribution in [3.05, 3.63) is 28.1 Å². The van der Waals surface area contributed by atoms with Gasteiger partial charge in [-0.05, 0) is 0 Å². The monoisotopic (exact) mass is 259 g/mol. The quantitative estimate of drug-likeness (QED) is 0.248. The van der Waals surface area contributed by atoms with E-state index in [-0.39, 0.29) is 5.96 Å². The number of guanidine groups is 1. The molecule has 0 fully saturated rings. The van der Waals surface area contributed by atoms with Gasteiger partial charge in [-0.3, -0.25) is 0 Å². The van der Waals surface area contributed by atoms with E-state index in [0.29, 0.717) is 6.54 Å². The second-order valence-corrected chi connectivity index (χ2v) is 4.00. The third-order valence-corrected chi connectivity index (χ3v) is 2.65. The summed E-state index contributed by atoms with van der Waals surface area (Å²) < 4.78 is 4.69. The first-order valence-electron chi connectivity index (χ1n) is 4.82. The Kier molecular flexibility index (Phi) is 5.86. The summed E-state index contributed by atoms with van der Waals surface area (Å²) in [4.78, 5) is 14.2. The summed E-state index contributed by atoms with van der Waals surface area (Å²) in [5.74, 6) is 1.64. The van der Waals surface area contributed by atoms with Crippen LogP contribution in [-0.2, 0) is 5.75 Å². The van der Waals surface area contributed by atoms with Gasteiger partial charge < -0.3 is 9.84 Å². The van der Waals surface area contributed by atoms with Crippen LogP contribution in [0.1, 0.15) is 5.69 Å². The highest BCUT2D eigenvalue weighted by atomic mass is 32.2. The molecule has 17 heavy (non-hydrogen) atoms. The molecule has 1 aromatic rings. The van der Waals surface area contributed by atoms with Gasteiger partial charge in [0.05, 0.1) is 12.2 Å². The first-order chi connectivity index (χ1) is 8.22. The number of rotatable bonds is 6. The summed E-state index contributed by atoms with van der Waals surface area (Å²) in [6.07, 6.45) is 1.52. The molecule has 2 N–H and O–H groups in total. The molecule has 0 atom stereocenters. The zero-order valence-electron chi connectivity index (χ0n) is 9.25. The van der Waals surface area contributed by atoms with Gasteiger partial charge in [0.15, 0.2) is 5.03 Å². The largest absolute Gasteiger partial charge is 0.364 e. The molecule has 0 aliphatic heterocycles. The SMILES string of the molecule is CN/C(=N\CCSCc1ccon1)N[N+](=O)[O-]. The summed E-state index contributed by atoms with van der Waals surface area (Å²) >= 11 is 1.63. The van der Waals surface area contributed by atoms with Gasteiger partial charge in [0.2, 0.25) is 0 Å². The van der Waals surface area contributed by atoms with Gasteiger partial charge in [-0.2, -0.15) is 11.8 Å². The van der Waals surface area contributed by atoms with E-state index in [1.54, 1.807) is 24.9 Å². The number of aliphatic imine (C=N–C) groups is 1. The van der Waals surface area contributed by atoms with Crippen molar-refractivity contribution in [2.24, 2.45) is 4.99 Å². The Bertz CT molecular complexity index is 367. The second kappa shape index (κ2) is 7.49. The third kappa shape index (κ3) is 5.76. The minimum atomic E-state index is -0.655. The number of hydrogen-bond donors (Lipinski definition) is 2. The van der Waals surface area contributed by atoms with Crippen molar-refractivity contribution in [1.29, 1.82) is 0 Å². The van der Waals surface area contributed by atoms with E-state index in [0.717, 1.165) is 17.2 Å². The van der Waals surface area contributed by atoms with Crippen LogP contribution in [-0.4, -0.2) is 35.5 Å². The molecule has 0 saturated heterocycles. The molecular formula is C8H13N5O3S. The Morgan fingerprint density at radius 1 is 1.76 bits per heavy atom. The Morgan fingerprint density at radius 2 is 2.59 bits per heavy atom. The lowest BCUT2D eigenvalue weighted by Crippen LogP contribution is -2.38. The molecule has 0 aliphatic carbocycles. The van der Waals surface area contributed by atoms with Gasteiger partial charge >= 0.3 is 0 Å². The molecule has 0 saturated carbocycles. The minimum absolute atomic E-state index is 0.150. The summed E-state index contributed by atoms with van der Waals surface area (Å²) in [7, 11) is 1.57. The van der Waals surface area contributed by atoms with Crippen LogP contribution in [0.5, 0.6) is 0 Å². The smallest absolute Gasteiger partial charge is 0.254 e. The number of nitro groups is 1. The van der Waals surface area contributed by atoms with Crippen LogP contribution < -0.4 is 10.7 Å². The van der Waals surface area contributed by atoms with Crippen LogP contribution in [0, 0.1) is 10.1 Å². The number of hydrazine groups is 1. The van der Waals surface area contributed by atoms with Gasteiger partial charge in [0.25, 0.3) is 5.96 Å². The van der Waals surface area contributed by atoms with Crippen molar-refractivity contribution in [3.63, 3.8) is 0 Å². The topological polar surface area (TPSA) is 106 Å².